The number of nitrogens with zero attached hydrogens (tertiary/aromatic N) is 1. The van der Waals surface area contributed by atoms with Crippen molar-refractivity contribution in [2.45, 2.75) is 12.6 Å². The summed E-state index contributed by atoms with van der Waals surface area (Å²) in [5, 5.41) is 0. The van der Waals surface area contributed by atoms with Gasteiger partial charge in [0, 0.05) is 6.07 Å². The van der Waals surface area contributed by atoms with Crippen LogP contribution in [0.2, 0.25) is 0 Å². The topological polar surface area (TPSA) is 12.9 Å². The molecule has 0 aromatic carbocycles. The zero-order valence-electron chi connectivity index (χ0n) is 6.75. The van der Waals surface area contributed by atoms with Crippen molar-refractivity contribution in [1.29, 1.82) is 0 Å². The summed E-state index contributed by atoms with van der Waals surface area (Å²) in [6.07, 6.45) is -8.64. The van der Waals surface area contributed by atoms with Crippen molar-refractivity contribution in [3.05, 3.63) is 29.1 Å². The van der Waals surface area contributed by atoms with Crippen LogP contribution in [0.25, 0.3) is 0 Å². The van der Waals surface area contributed by atoms with Crippen molar-refractivity contribution < 1.29 is 30.7 Å². The van der Waals surface area contributed by atoms with Crippen LogP contribution in [0.4, 0.5) is 30.7 Å². The Kier molecular flexibility index (Phi) is 2.87. The number of pyridine rings is 1. The maximum Gasteiger partial charge on any atom is 0.433 e. The lowest BCUT2D eigenvalue weighted by Crippen LogP contribution is -2.12. The summed E-state index contributed by atoms with van der Waals surface area (Å²) < 4.78 is 84.7. The Bertz CT molecular complexity index is 347. The van der Waals surface area contributed by atoms with Gasteiger partial charge in [0.1, 0.15) is 11.4 Å². The van der Waals surface area contributed by atoms with Crippen molar-refractivity contribution in [3.8, 4) is 0 Å². The van der Waals surface area contributed by atoms with Crippen molar-refractivity contribution in [3.63, 3.8) is 0 Å². The average Bonchev–Trinajstić information content (AvgIpc) is 1.99. The van der Waals surface area contributed by atoms with E-state index in [1.54, 1.807) is 0 Å². The summed E-state index contributed by atoms with van der Waals surface area (Å²) in [6.45, 7) is 0. The molecule has 0 aliphatic carbocycles. The van der Waals surface area contributed by atoms with E-state index in [4.69, 9.17) is 0 Å². The highest BCUT2D eigenvalue weighted by Gasteiger charge is 2.35. The van der Waals surface area contributed by atoms with Gasteiger partial charge in [0.2, 0.25) is 5.95 Å². The Labute approximate surface area is 78.5 Å². The van der Waals surface area contributed by atoms with Crippen LogP contribution in [0.3, 0.4) is 0 Å². The monoisotopic (exact) mass is 233 g/mol. The van der Waals surface area contributed by atoms with Crippen LogP contribution >= 0.6 is 0 Å². The van der Waals surface area contributed by atoms with E-state index < -0.39 is 35.6 Å². The molecule has 1 rings (SSSR count). The quantitative estimate of drug-likeness (QED) is 0.535. The standard InChI is InChI=1S/C7H2F7N/c8-2-1-3(7(12,13)14)15-6(11)4(2)5(9)10/h1,5H. The zero-order chi connectivity index (χ0) is 11.8. The minimum Gasteiger partial charge on any atom is -0.215 e. The summed E-state index contributed by atoms with van der Waals surface area (Å²) in [4.78, 5) is 2.21. The molecule has 15 heavy (non-hydrogen) atoms. The smallest absolute Gasteiger partial charge is 0.215 e. The molecule has 1 aromatic rings. The second-order valence-electron chi connectivity index (χ2n) is 2.49. The van der Waals surface area contributed by atoms with Crippen LogP contribution < -0.4 is 0 Å². The Balaban J connectivity index is 3.32. The van der Waals surface area contributed by atoms with Gasteiger partial charge >= 0.3 is 6.18 Å². The van der Waals surface area contributed by atoms with Gasteiger partial charge in [-0.05, 0) is 0 Å². The normalized spacial score (nSPS) is 12.3. The Hall–Kier alpha value is -1.34. The minimum absolute atomic E-state index is 0.273. The highest BCUT2D eigenvalue weighted by molar-refractivity contribution is 5.20. The Morgan fingerprint density at radius 2 is 1.67 bits per heavy atom. The molecule has 0 aliphatic heterocycles. The number of alkyl halides is 5. The number of rotatable bonds is 1. The van der Waals surface area contributed by atoms with E-state index in [1.807, 2.05) is 0 Å². The van der Waals surface area contributed by atoms with Crippen LogP contribution in [0.1, 0.15) is 17.7 Å². The van der Waals surface area contributed by atoms with E-state index in [0.29, 0.717) is 0 Å². The minimum atomic E-state index is -5.08. The molecule has 0 spiro atoms. The summed E-state index contributed by atoms with van der Waals surface area (Å²) in [5.41, 5.74) is -3.65. The number of hydrogen-bond acceptors (Lipinski definition) is 1. The molecular formula is C7H2F7N. The van der Waals surface area contributed by atoms with Crippen LogP contribution in [0.15, 0.2) is 6.07 Å². The fourth-order valence-electron chi connectivity index (χ4n) is 0.834. The average molecular weight is 233 g/mol. The third-order valence-electron chi connectivity index (χ3n) is 1.47. The lowest BCUT2D eigenvalue weighted by molar-refractivity contribution is -0.141. The first-order valence-electron chi connectivity index (χ1n) is 3.44. The Morgan fingerprint density at radius 3 is 2.00 bits per heavy atom. The highest BCUT2D eigenvalue weighted by Crippen LogP contribution is 2.31. The van der Waals surface area contributed by atoms with Crippen LogP contribution in [-0.2, 0) is 6.18 Å². The number of aromatic nitrogens is 1. The largest absolute Gasteiger partial charge is 0.433 e. The first-order chi connectivity index (χ1) is 6.73. The number of halogens is 7. The second-order valence-corrected chi connectivity index (χ2v) is 2.49. The third kappa shape index (κ3) is 2.37. The van der Waals surface area contributed by atoms with Crippen LogP contribution in [-0.4, -0.2) is 4.98 Å². The molecular weight excluding hydrogens is 231 g/mol. The van der Waals surface area contributed by atoms with Gasteiger partial charge in [0.15, 0.2) is 5.69 Å². The highest BCUT2D eigenvalue weighted by atomic mass is 19.4. The molecule has 0 bridgehead atoms. The van der Waals surface area contributed by atoms with Gasteiger partial charge in [-0.1, -0.05) is 0 Å². The molecule has 0 saturated carbocycles. The zero-order valence-corrected chi connectivity index (χ0v) is 6.75. The molecule has 0 amide bonds. The maximum absolute atomic E-state index is 12.6. The van der Waals surface area contributed by atoms with Gasteiger partial charge in [-0.25, -0.2) is 18.2 Å². The first kappa shape index (κ1) is 11.7. The predicted molar refractivity (Wildman–Crippen MR) is 34.1 cm³/mol. The lowest BCUT2D eigenvalue weighted by Gasteiger charge is -2.08. The van der Waals surface area contributed by atoms with Crippen molar-refractivity contribution >= 4 is 0 Å². The van der Waals surface area contributed by atoms with E-state index in [9.17, 15) is 30.7 Å². The van der Waals surface area contributed by atoms with E-state index in [0.717, 1.165) is 0 Å². The summed E-state index contributed by atoms with van der Waals surface area (Å²) in [6, 6.07) is -0.273. The molecule has 1 aromatic heterocycles. The fourth-order valence-corrected chi connectivity index (χ4v) is 0.834. The molecule has 1 nitrogen and oxygen atoms in total. The summed E-state index contributed by atoms with van der Waals surface area (Å²) in [5.74, 6) is -4.12. The molecule has 0 atom stereocenters. The van der Waals surface area contributed by atoms with Crippen molar-refractivity contribution in [2.24, 2.45) is 0 Å². The van der Waals surface area contributed by atoms with E-state index in [2.05, 4.69) is 4.98 Å². The second kappa shape index (κ2) is 3.67. The predicted octanol–water partition coefficient (Wildman–Crippen LogP) is 3.32. The lowest BCUT2D eigenvalue weighted by atomic mass is 10.2. The fraction of sp³-hybridized carbons (Fsp3) is 0.286. The van der Waals surface area contributed by atoms with Crippen molar-refractivity contribution in [2.75, 3.05) is 0 Å². The molecule has 0 aliphatic rings. The van der Waals surface area contributed by atoms with Crippen molar-refractivity contribution in [1.82, 2.24) is 4.98 Å². The van der Waals surface area contributed by atoms with Gasteiger partial charge in [0.25, 0.3) is 6.43 Å². The maximum atomic E-state index is 12.6. The van der Waals surface area contributed by atoms with Crippen LogP contribution in [0, 0.1) is 11.8 Å². The van der Waals surface area contributed by atoms with E-state index in [-0.39, 0.29) is 6.07 Å². The van der Waals surface area contributed by atoms with Gasteiger partial charge in [0.05, 0.1) is 0 Å². The number of hydrogen-bond donors (Lipinski definition) is 0. The molecule has 0 unspecified atom stereocenters. The molecule has 0 saturated heterocycles. The molecule has 0 N–H and O–H groups in total. The first-order valence-corrected chi connectivity index (χ1v) is 3.44. The summed E-state index contributed by atoms with van der Waals surface area (Å²) >= 11 is 0. The molecule has 84 valence electrons. The molecule has 0 fully saturated rings. The molecule has 1 heterocycles. The Morgan fingerprint density at radius 1 is 1.13 bits per heavy atom. The van der Waals surface area contributed by atoms with E-state index in [1.165, 1.54) is 0 Å². The van der Waals surface area contributed by atoms with Gasteiger partial charge in [-0.15, -0.1) is 0 Å². The van der Waals surface area contributed by atoms with Gasteiger partial charge in [-0.2, -0.15) is 17.6 Å². The van der Waals surface area contributed by atoms with Crippen LogP contribution in [0.5, 0.6) is 0 Å². The SMILES string of the molecule is Fc1cc(C(F)(F)F)nc(F)c1C(F)F. The molecule has 8 heteroatoms. The summed E-state index contributed by atoms with van der Waals surface area (Å²) in [7, 11) is 0. The van der Waals surface area contributed by atoms with Gasteiger partial charge < -0.3 is 0 Å². The van der Waals surface area contributed by atoms with Gasteiger partial charge in [-0.3, -0.25) is 0 Å². The third-order valence-corrected chi connectivity index (χ3v) is 1.47. The van der Waals surface area contributed by atoms with E-state index >= 15 is 0 Å². The molecule has 0 radical (unpaired) electrons.